The molecule has 2 rings (SSSR count). The number of carbonyl (C=O) groups excluding carboxylic acids is 3. The first-order valence-electron chi connectivity index (χ1n) is 5.08. The lowest BCUT2D eigenvalue weighted by Crippen LogP contribution is -2.40. The number of carbonyl (C=O) groups is 3. The van der Waals surface area contributed by atoms with Crippen LogP contribution < -0.4 is 10.6 Å². The van der Waals surface area contributed by atoms with Crippen LogP contribution in [-0.2, 0) is 20.8 Å². The Labute approximate surface area is 101 Å². The van der Waals surface area contributed by atoms with E-state index < -0.39 is 11.9 Å². The molecule has 7 heteroatoms. The van der Waals surface area contributed by atoms with Gasteiger partial charge in [-0.2, -0.15) is 0 Å². The molecule has 17 heavy (non-hydrogen) atoms. The van der Waals surface area contributed by atoms with Gasteiger partial charge in [-0.1, -0.05) is 0 Å². The third-order valence-electron chi connectivity index (χ3n) is 2.28. The summed E-state index contributed by atoms with van der Waals surface area (Å²) < 4.78 is 0. The molecule has 0 aromatic carbocycles. The monoisotopic (exact) mass is 253 g/mol. The number of aromatic nitrogens is 1. The van der Waals surface area contributed by atoms with Crippen molar-refractivity contribution >= 4 is 29.1 Å². The quantitative estimate of drug-likeness (QED) is 0.712. The highest BCUT2D eigenvalue weighted by Gasteiger charge is 2.31. The number of rotatable bonds is 3. The van der Waals surface area contributed by atoms with E-state index in [1.165, 1.54) is 11.3 Å². The van der Waals surface area contributed by atoms with E-state index in [-0.39, 0.29) is 24.7 Å². The summed E-state index contributed by atoms with van der Waals surface area (Å²) in [5, 5.41) is 7.20. The van der Waals surface area contributed by atoms with Crippen LogP contribution in [0.4, 0.5) is 0 Å². The highest BCUT2D eigenvalue weighted by Crippen LogP contribution is 2.09. The number of imide groups is 1. The molecule has 1 aromatic rings. The van der Waals surface area contributed by atoms with Crippen molar-refractivity contribution in [3.8, 4) is 0 Å². The van der Waals surface area contributed by atoms with E-state index in [0.717, 1.165) is 5.69 Å². The van der Waals surface area contributed by atoms with Crippen molar-refractivity contribution in [1.82, 2.24) is 15.6 Å². The molecule has 90 valence electrons. The van der Waals surface area contributed by atoms with Crippen LogP contribution in [-0.4, -0.2) is 28.7 Å². The van der Waals surface area contributed by atoms with E-state index in [1.807, 2.05) is 12.3 Å². The summed E-state index contributed by atoms with van der Waals surface area (Å²) in [5.74, 6) is -1.10. The van der Waals surface area contributed by atoms with Crippen molar-refractivity contribution in [2.24, 2.45) is 0 Å². The first-order chi connectivity index (χ1) is 8.04. The fourth-order valence-corrected chi connectivity index (χ4v) is 2.31. The van der Waals surface area contributed by atoms with Crippen LogP contribution >= 0.6 is 11.3 Å². The molecule has 0 aliphatic carbocycles. The number of hydrogen-bond acceptors (Lipinski definition) is 5. The van der Waals surface area contributed by atoms with Crippen LogP contribution in [0.3, 0.4) is 0 Å². The average Bonchev–Trinajstić information content (AvgIpc) is 2.74. The number of nitrogens with zero attached hydrogens (tertiary/aromatic N) is 1. The molecular weight excluding hydrogens is 242 g/mol. The van der Waals surface area contributed by atoms with Crippen molar-refractivity contribution in [2.75, 3.05) is 0 Å². The van der Waals surface area contributed by atoms with E-state index in [2.05, 4.69) is 15.6 Å². The number of hydrogen-bond donors (Lipinski definition) is 2. The minimum atomic E-state index is -0.740. The maximum Gasteiger partial charge on any atom is 0.249 e. The molecule has 0 saturated carbocycles. The highest BCUT2D eigenvalue weighted by molar-refractivity contribution is 7.09. The zero-order chi connectivity index (χ0) is 12.4. The van der Waals surface area contributed by atoms with E-state index in [4.69, 9.17) is 0 Å². The second-order valence-electron chi connectivity index (χ2n) is 3.80. The third kappa shape index (κ3) is 2.88. The van der Waals surface area contributed by atoms with Gasteiger partial charge in [0, 0.05) is 11.1 Å². The first-order valence-corrected chi connectivity index (χ1v) is 5.96. The standard InChI is InChI=1S/C10H11N3O3S/c1-5-4-17-9(11-5)3-8(15)12-6-2-7(14)13-10(6)16/h4,6H,2-3H2,1H3,(H,12,15)(H,13,14,16). The second kappa shape index (κ2) is 4.62. The summed E-state index contributed by atoms with van der Waals surface area (Å²) in [5.41, 5.74) is 0.867. The second-order valence-corrected chi connectivity index (χ2v) is 4.74. The van der Waals surface area contributed by atoms with Crippen molar-refractivity contribution < 1.29 is 14.4 Å². The predicted molar refractivity (Wildman–Crippen MR) is 60.3 cm³/mol. The van der Waals surface area contributed by atoms with Crippen molar-refractivity contribution in [1.29, 1.82) is 0 Å². The topological polar surface area (TPSA) is 88.2 Å². The Kier molecular flexibility index (Phi) is 3.19. The van der Waals surface area contributed by atoms with Gasteiger partial charge in [-0.3, -0.25) is 19.7 Å². The lowest BCUT2D eigenvalue weighted by atomic mass is 10.2. The fraction of sp³-hybridized carbons (Fsp3) is 0.400. The van der Waals surface area contributed by atoms with Crippen LogP contribution in [0.15, 0.2) is 5.38 Å². The fourth-order valence-electron chi connectivity index (χ4n) is 1.54. The normalized spacial score (nSPS) is 19.2. The van der Waals surface area contributed by atoms with E-state index in [1.54, 1.807) is 0 Å². The van der Waals surface area contributed by atoms with Gasteiger partial charge in [-0.25, -0.2) is 4.98 Å². The Morgan fingerprint density at radius 3 is 2.94 bits per heavy atom. The number of thiazole rings is 1. The highest BCUT2D eigenvalue weighted by atomic mass is 32.1. The molecule has 2 heterocycles. The lowest BCUT2D eigenvalue weighted by Gasteiger charge is -2.07. The zero-order valence-corrected chi connectivity index (χ0v) is 9.97. The van der Waals surface area contributed by atoms with Crippen molar-refractivity contribution in [2.45, 2.75) is 25.8 Å². The molecule has 0 spiro atoms. The molecule has 1 aliphatic heterocycles. The van der Waals surface area contributed by atoms with Crippen LogP contribution in [0.1, 0.15) is 17.1 Å². The van der Waals surface area contributed by atoms with E-state index in [0.29, 0.717) is 5.01 Å². The van der Waals surface area contributed by atoms with Crippen LogP contribution in [0.25, 0.3) is 0 Å². The molecule has 3 amide bonds. The molecule has 0 radical (unpaired) electrons. The van der Waals surface area contributed by atoms with E-state index >= 15 is 0 Å². The molecule has 1 unspecified atom stereocenters. The Morgan fingerprint density at radius 2 is 2.41 bits per heavy atom. The number of amides is 3. The average molecular weight is 253 g/mol. The summed E-state index contributed by atoms with van der Waals surface area (Å²) >= 11 is 1.40. The SMILES string of the molecule is Cc1csc(CC(=O)NC2CC(=O)NC2=O)n1. The molecule has 1 aromatic heterocycles. The molecule has 1 atom stereocenters. The summed E-state index contributed by atoms with van der Waals surface area (Å²) in [4.78, 5) is 37.9. The zero-order valence-electron chi connectivity index (χ0n) is 9.15. The van der Waals surface area contributed by atoms with Crippen molar-refractivity contribution in [3.05, 3.63) is 16.1 Å². The number of aryl methyl sites for hydroxylation is 1. The molecule has 2 N–H and O–H groups in total. The summed E-state index contributed by atoms with van der Waals surface area (Å²) in [7, 11) is 0. The van der Waals surface area contributed by atoms with Gasteiger partial charge in [-0.15, -0.1) is 11.3 Å². The van der Waals surface area contributed by atoms with Gasteiger partial charge in [0.2, 0.25) is 17.7 Å². The molecular formula is C10H11N3O3S. The molecule has 6 nitrogen and oxygen atoms in total. The van der Waals surface area contributed by atoms with Crippen LogP contribution in [0.2, 0.25) is 0 Å². The largest absolute Gasteiger partial charge is 0.343 e. The van der Waals surface area contributed by atoms with Gasteiger partial charge < -0.3 is 5.32 Å². The molecule has 1 fully saturated rings. The van der Waals surface area contributed by atoms with Crippen LogP contribution in [0.5, 0.6) is 0 Å². The molecule has 0 bridgehead atoms. The van der Waals surface area contributed by atoms with Gasteiger partial charge >= 0.3 is 0 Å². The molecule has 1 aliphatic rings. The Balaban J connectivity index is 1.89. The van der Waals surface area contributed by atoms with Gasteiger partial charge in [0.25, 0.3) is 0 Å². The van der Waals surface area contributed by atoms with Crippen LogP contribution in [0, 0.1) is 6.92 Å². The summed E-state index contributed by atoms with van der Waals surface area (Å²) in [6.45, 7) is 1.85. The first kappa shape index (κ1) is 11.7. The maximum absolute atomic E-state index is 11.6. The van der Waals surface area contributed by atoms with E-state index in [9.17, 15) is 14.4 Å². The van der Waals surface area contributed by atoms with Gasteiger partial charge in [0.1, 0.15) is 11.0 Å². The Hall–Kier alpha value is -1.76. The lowest BCUT2D eigenvalue weighted by molar-refractivity contribution is -0.128. The molecule has 1 saturated heterocycles. The van der Waals surface area contributed by atoms with Gasteiger partial charge in [0.15, 0.2) is 0 Å². The summed E-state index contributed by atoms with van der Waals surface area (Å²) in [6.07, 6.45) is 0.151. The summed E-state index contributed by atoms with van der Waals surface area (Å²) in [6, 6.07) is -0.740. The van der Waals surface area contributed by atoms with Gasteiger partial charge in [-0.05, 0) is 6.92 Å². The number of nitrogens with one attached hydrogen (secondary N) is 2. The predicted octanol–water partition coefficient (Wildman–Crippen LogP) is -0.475. The maximum atomic E-state index is 11.6. The Morgan fingerprint density at radius 1 is 1.65 bits per heavy atom. The smallest absolute Gasteiger partial charge is 0.249 e. The van der Waals surface area contributed by atoms with Gasteiger partial charge in [0.05, 0.1) is 12.8 Å². The minimum Gasteiger partial charge on any atom is -0.343 e. The third-order valence-corrected chi connectivity index (χ3v) is 3.25. The minimum absolute atomic E-state index is 0.0153. The van der Waals surface area contributed by atoms with Crippen molar-refractivity contribution in [3.63, 3.8) is 0 Å². The Bertz CT molecular complexity index is 483.